The standard InChI is InChI=1S/C10H14O5/c11-5-1-2-9-7-14-10(15-9)4-3-8(13)6-12/h1-5,8-10,12-13H,6-7H2/t8?,9-,10-/m0/s1. The number of carbonyl (C=O) groups is 1. The van der Waals surface area contributed by atoms with E-state index in [0.717, 1.165) is 0 Å². The summed E-state index contributed by atoms with van der Waals surface area (Å²) >= 11 is 0. The van der Waals surface area contributed by atoms with Crippen LogP contribution in [0.25, 0.3) is 0 Å². The lowest BCUT2D eigenvalue weighted by atomic mass is 10.3. The minimum atomic E-state index is -0.901. The molecule has 0 radical (unpaired) electrons. The molecule has 0 aromatic rings. The third-order valence-corrected chi connectivity index (χ3v) is 1.82. The molecule has 0 saturated carbocycles. The Morgan fingerprint density at radius 2 is 2.27 bits per heavy atom. The Hall–Kier alpha value is -1.01. The number of hydrogen-bond acceptors (Lipinski definition) is 5. The van der Waals surface area contributed by atoms with Crippen molar-refractivity contribution < 1.29 is 24.5 Å². The Morgan fingerprint density at radius 1 is 1.47 bits per heavy atom. The van der Waals surface area contributed by atoms with Crippen LogP contribution in [-0.2, 0) is 14.3 Å². The van der Waals surface area contributed by atoms with Gasteiger partial charge in [0.25, 0.3) is 0 Å². The minimum Gasteiger partial charge on any atom is -0.393 e. The third kappa shape index (κ3) is 4.35. The van der Waals surface area contributed by atoms with Crippen molar-refractivity contribution in [2.24, 2.45) is 0 Å². The maximum absolute atomic E-state index is 10.0. The van der Waals surface area contributed by atoms with Crippen LogP contribution in [0.3, 0.4) is 0 Å². The van der Waals surface area contributed by atoms with Gasteiger partial charge in [-0.25, -0.2) is 0 Å². The summed E-state index contributed by atoms with van der Waals surface area (Å²) in [5.74, 6) is 0. The molecule has 1 rings (SSSR count). The van der Waals surface area contributed by atoms with E-state index in [1.54, 1.807) is 6.08 Å². The molecule has 84 valence electrons. The van der Waals surface area contributed by atoms with Crippen LogP contribution in [0.2, 0.25) is 0 Å². The highest BCUT2D eigenvalue weighted by Gasteiger charge is 2.21. The number of aliphatic hydroxyl groups excluding tert-OH is 2. The molecule has 0 amide bonds. The van der Waals surface area contributed by atoms with Gasteiger partial charge in [0.1, 0.15) is 12.4 Å². The number of aldehydes is 1. The van der Waals surface area contributed by atoms with E-state index >= 15 is 0 Å². The van der Waals surface area contributed by atoms with Crippen LogP contribution >= 0.6 is 0 Å². The van der Waals surface area contributed by atoms with Crippen LogP contribution in [0, 0.1) is 0 Å². The monoisotopic (exact) mass is 214 g/mol. The summed E-state index contributed by atoms with van der Waals surface area (Å²) in [4.78, 5) is 10.0. The van der Waals surface area contributed by atoms with Crippen molar-refractivity contribution in [1.29, 1.82) is 0 Å². The van der Waals surface area contributed by atoms with Crippen molar-refractivity contribution >= 4 is 6.29 Å². The van der Waals surface area contributed by atoms with E-state index < -0.39 is 12.4 Å². The van der Waals surface area contributed by atoms with Gasteiger partial charge in [0.05, 0.1) is 19.3 Å². The molecule has 0 aromatic heterocycles. The van der Waals surface area contributed by atoms with Gasteiger partial charge in [-0.3, -0.25) is 4.79 Å². The van der Waals surface area contributed by atoms with E-state index in [2.05, 4.69) is 0 Å². The van der Waals surface area contributed by atoms with Crippen LogP contribution in [0.1, 0.15) is 0 Å². The zero-order valence-electron chi connectivity index (χ0n) is 8.15. The zero-order valence-corrected chi connectivity index (χ0v) is 8.15. The van der Waals surface area contributed by atoms with Crippen molar-refractivity contribution in [3.8, 4) is 0 Å². The average molecular weight is 214 g/mol. The summed E-state index contributed by atoms with van der Waals surface area (Å²) in [5.41, 5.74) is 0. The van der Waals surface area contributed by atoms with E-state index in [1.807, 2.05) is 0 Å². The van der Waals surface area contributed by atoms with Gasteiger partial charge >= 0.3 is 0 Å². The van der Waals surface area contributed by atoms with Crippen molar-refractivity contribution in [3.05, 3.63) is 24.3 Å². The van der Waals surface area contributed by atoms with E-state index in [1.165, 1.54) is 18.2 Å². The number of ether oxygens (including phenoxy) is 2. The van der Waals surface area contributed by atoms with Gasteiger partial charge in [-0.2, -0.15) is 0 Å². The van der Waals surface area contributed by atoms with Gasteiger partial charge in [-0.1, -0.05) is 12.2 Å². The Kier molecular flexibility index (Phi) is 5.20. The van der Waals surface area contributed by atoms with E-state index in [4.69, 9.17) is 19.7 Å². The van der Waals surface area contributed by atoms with Gasteiger partial charge in [0.2, 0.25) is 0 Å². The predicted molar refractivity (Wildman–Crippen MR) is 52.0 cm³/mol. The summed E-state index contributed by atoms with van der Waals surface area (Å²) in [6, 6.07) is 0. The molecule has 1 aliphatic rings. The van der Waals surface area contributed by atoms with Gasteiger partial charge < -0.3 is 19.7 Å². The fraction of sp³-hybridized carbons (Fsp3) is 0.500. The second-order valence-electron chi connectivity index (χ2n) is 3.03. The quantitative estimate of drug-likeness (QED) is 0.363. The molecule has 0 aliphatic carbocycles. The lowest BCUT2D eigenvalue weighted by Crippen LogP contribution is -2.11. The molecular weight excluding hydrogens is 200 g/mol. The van der Waals surface area contributed by atoms with Crippen molar-refractivity contribution in [2.45, 2.75) is 18.5 Å². The third-order valence-electron chi connectivity index (χ3n) is 1.82. The molecule has 0 aromatic carbocycles. The second-order valence-corrected chi connectivity index (χ2v) is 3.03. The van der Waals surface area contributed by atoms with Gasteiger partial charge in [-0.05, 0) is 12.2 Å². The lowest BCUT2D eigenvalue weighted by molar-refractivity contribution is -0.104. The van der Waals surface area contributed by atoms with Gasteiger partial charge in [0.15, 0.2) is 6.29 Å². The molecule has 3 atom stereocenters. The van der Waals surface area contributed by atoms with Crippen LogP contribution in [0.4, 0.5) is 0 Å². The molecule has 2 N–H and O–H groups in total. The first-order valence-corrected chi connectivity index (χ1v) is 4.62. The van der Waals surface area contributed by atoms with E-state index in [9.17, 15) is 4.79 Å². The predicted octanol–water partition coefficient (Wildman–Crippen LogP) is -0.608. The van der Waals surface area contributed by atoms with Crippen molar-refractivity contribution in [2.75, 3.05) is 13.2 Å². The largest absolute Gasteiger partial charge is 0.393 e. The molecule has 15 heavy (non-hydrogen) atoms. The molecule has 1 fully saturated rings. The fourth-order valence-corrected chi connectivity index (χ4v) is 1.09. The summed E-state index contributed by atoms with van der Waals surface area (Å²) in [6.07, 6.45) is 4.87. The normalized spacial score (nSPS) is 28.9. The first-order valence-electron chi connectivity index (χ1n) is 4.62. The second kappa shape index (κ2) is 6.47. The van der Waals surface area contributed by atoms with Crippen LogP contribution in [0.5, 0.6) is 0 Å². The molecular formula is C10H14O5. The molecule has 5 nitrogen and oxygen atoms in total. The number of allylic oxidation sites excluding steroid dienone is 1. The first-order chi connectivity index (χ1) is 7.26. The summed E-state index contributed by atoms with van der Waals surface area (Å²) in [6.45, 7) is 0.0340. The highest BCUT2D eigenvalue weighted by atomic mass is 16.7. The Morgan fingerprint density at radius 3 is 2.93 bits per heavy atom. The first kappa shape index (κ1) is 12.1. The lowest BCUT2D eigenvalue weighted by Gasteiger charge is -2.05. The highest BCUT2D eigenvalue weighted by molar-refractivity contribution is 5.64. The molecule has 0 spiro atoms. The fourth-order valence-electron chi connectivity index (χ4n) is 1.09. The molecule has 1 saturated heterocycles. The summed E-state index contributed by atoms with van der Waals surface area (Å²) in [5, 5.41) is 17.6. The smallest absolute Gasteiger partial charge is 0.177 e. The van der Waals surface area contributed by atoms with Crippen LogP contribution in [0.15, 0.2) is 24.3 Å². The average Bonchev–Trinajstić information content (AvgIpc) is 2.71. The molecule has 5 heteroatoms. The summed E-state index contributed by atoms with van der Waals surface area (Å²) < 4.78 is 10.5. The van der Waals surface area contributed by atoms with Crippen LogP contribution in [-0.4, -0.2) is 48.2 Å². The number of rotatable bonds is 5. The molecule has 0 bridgehead atoms. The van der Waals surface area contributed by atoms with Gasteiger partial charge in [-0.15, -0.1) is 0 Å². The molecule has 1 unspecified atom stereocenters. The highest BCUT2D eigenvalue weighted by Crippen LogP contribution is 2.13. The topological polar surface area (TPSA) is 76.0 Å². The maximum Gasteiger partial charge on any atom is 0.177 e. The van der Waals surface area contributed by atoms with Crippen molar-refractivity contribution in [3.63, 3.8) is 0 Å². The number of hydrogen-bond donors (Lipinski definition) is 2. The SMILES string of the molecule is O=CC=C[C@H]1CO[C@H](C=CC(O)CO)O1. The van der Waals surface area contributed by atoms with E-state index in [-0.39, 0.29) is 12.7 Å². The maximum atomic E-state index is 10.0. The molecule has 1 heterocycles. The summed E-state index contributed by atoms with van der Waals surface area (Å²) in [7, 11) is 0. The minimum absolute atomic E-state index is 0.240. The Bertz CT molecular complexity index is 248. The number of aliphatic hydroxyl groups is 2. The Balaban J connectivity index is 2.33. The van der Waals surface area contributed by atoms with Crippen LogP contribution < -0.4 is 0 Å². The van der Waals surface area contributed by atoms with Crippen molar-refractivity contribution in [1.82, 2.24) is 0 Å². The van der Waals surface area contributed by atoms with E-state index in [0.29, 0.717) is 12.9 Å². The number of carbonyl (C=O) groups excluding carboxylic acids is 1. The molecule has 1 aliphatic heterocycles. The van der Waals surface area contributed by atoms with Gasteiger partial charge in [0, 0.05) is 0 Å². The Labute approximate surface area is 87.6 Å². The zero-order chi connectivity index (χ0) is 11.1.